The Hall–Kier alpha value is -2.28. The molecule has 0 aromatic heterocycles. The maximum Gasteiger partial charge on any atom is 0.338 e. The predicted molar refractivity (Wildman–Crippen MR) is 107 cm³/mol. The van der Waals surface area contributed by atoms with Gasteiger partial charge >= 0.3 is 5.97 Å². The van der Waals surface area contributed by atoms with Gasteiger partial charge in [0, 0.05) is 11.3 Å². The molecule has 1 aliphatic heterocycles. The average molecular weight is 391 g/mol. The van der Waals surface area contributed by atoms with E-state index in [0.717, 1.165) is 24.8 Å². The van der Waals surface area contributed by atoms with Crippen molar-refractivity contribution in [3.05, 3.63) is 35.0 Å². The van der Waals surface area contributed by atoms with Crippen LogP contribution in [0.25, 0.3) is 0 Å². The topological polar surface area (TPSA) is 68.8 Å². The number of hydrogen-bond acceptors (Lipinski definition) is 5. The molecule has 1 heterocycles. The second-order valence-electron chi connectivity index (χ2n) is 7.03. The summed E-state index contributed by atoms with van der Waals surface area (Å²) in [4.78, 5) is 13.1. The monoisotopic (exact) mass is 390 g/mol. The summed E-state index contributed by atoms with van der Waals surface area (Å²) < 4.78 is 16.7. The van der Waals surface area contributed by atoms with Crippen LogP contribution in [-0.2, 0) is 9.53 Å². The molecule has 3 rings (SSSR count). The van der Waals surface area contributed by atoms with Gasteiger partial charge in [0.2, 0.25) is 0 Å². The van der Waals surface area contributed by atoms with Crippen molar-refractivity contribution in [3.63, 3.8) is 0 Å². The van der Waals surface area contributed by atoms with Gasteiger partial charge in [0.05, 0.1) is 25.8 Å². The molecule has 1 aromatic rings. The number of ether oxygens (including phenoxy) is 3. The third kappa shape index (κ3) is 4.03. The molecule has 1 aromatic carbocycles. The minimum absolute atomic E-state index is 0.0421. The summed E-state index contributed by atoms with van der Waals surface area (Å²) in [5, 5.41) is 6.67. The number of allylic oxidation sites excluding steroid dienone is 1. The van der Waals surface area contributed by atoms with E-state index >= 15 is 0 Å². The van der Waals surface area contributed by atoms with E-state index in [2.05, 4.69) is 17.6 Å². The highest BCUT2D eigenvalue weighted by atomic mass is 32.1. The zero-order chi connectivity index (χ0) is 19.6. The van der Waals surface area contributed by atoms with Crippen molar-refractivity contribution in [3.8, 4) is 11.5 Å². The minimum Gasteiger partial charge on any atom is -0.497 e. The highest BCUT2D eigenvalue weighted by Crippen LogP contribution is 2.37. The number of nitrogens with one attached hydrogen (secondary N) is 2. The van der Waals surface area contributed by atoms with Gasteiger partial charge in [-0.15, -0.1) is 0 Å². The quantitative estimate of drug-likeness (QED) is 0.591. The number of methoxy groups -OCH3 is 2. The Morgan fingerprint density at radius 1 is 1.22 bits per heavy atom. The lowest BCUT2D eigenvalue weighted by Gasteiger charge is -2.31. The van der Waals surface area contributed by atoms with E-state index in [0.29, 0.717) is 33.8 Å². The van der Waals surface area contributed by atoms with Crippen LogP contribution in [0, 0.1) is 5.92 Å². The van der Waals surface area contributed by atoms with Crippen LogP contribution in [0.4, 0.5) is 0 Å². The van der Waals surface area contributed by atoms with Gasteiger partial charge in [-0.25, -0.2) is 4.79 Å². The molecule has 6 nitrogen and oxygen atoms in total. The van der Waals surface area contributed by atoms with Gasteiger partial charge in [0.25, 0.3) is 0 Å². The predicted octanol–water partition coefficient (Wildman–Crippen LogP) is 3.23. The number of thiocarbonyl (C=S) groups is 1. The molecule has 146 valence electrons. The third-order valence-corrected chi connectivity index (χ3v) is 5.50. The molecule has 1 saturated carbocycles. The highest BCUT2D eigenvalue weighted by molar-refractivity contribution is 7.80. The fraction of sp³-hybridized carbons (Fsp3) is 0.500. The lowest BCUT2D eigenvalue weighted by Crippen LogP contribution is -2.45. The fourth-order valence-electron chi connectivity index (χ4n) is 3.75. The number of benzene rings is 1. The summed E-state index contributed by atoms with van der Waals surface area (Å²) in [7, 11) is 3.20. The molecule has 3 atom stereocenters. The number of rotatable bonds is 5. The molecule has 0 bridgehead atoms. The third-order valence-electron chi connectivity index (χ3n) is 5.28. The molecule has 0 radical (unpaired) electrons. The standard InChI is InChI=1S/C20H26N2O4S/c1-11-6-5-7-15(11)26-19(23)17-12(2)21-20(27)22-18(17)14-10-13(24-3)8-9-16(14)25-4/h8-11,15,18H,5-7H2,1-4H3,(H2,21,22,27)/t11-,15-,18-/m1/s1. The second-order valence-corrected chi connectivity index (χ2v) is 7.44. The van der Waals surface area contributed by atoms with E-state index in [9.17, 15) is 4.79 Å². The average Bonchev–Trinajstić information content (AvgIpc) is 3.04. The first-order valence-corrected chi connectivity index (χ1v) is 9.56. The number of carbonyl (C=O) groups is 1. The van der Waals surface area contributed by atoms with E-state index in [-0.39, 0.29) is 12.1 Å². The SMILES string of the molecule is COc1ccc(OC)c([C@H]2NC(=S)NC(C)=C2C(=O)O[C@@H]2CCC[C@H]2C)c1. The zero-order valence-electron chi connectivity index (χ0n) is 16.1. The number of carbonyl (C=O) groups excluding carboxylic acids is 1. The summed E-state index contributed by atoms with van der Waals surface area (Å²) in [5.41, 5.74) is 1.96. The second kappa shape index (κ2) is 8.17. The Morgan fingerprint density at radius 2 is 2.00 bits per heavy atom. The van der Waals surface area contributed by atoms with Crippen molar-refractivity contribution in [2.45, 2.75) is 45.3 Å². The summed E-state index contributed by atoms with van der Waals surface area (Å²) >= 11 is 5.32. The molecule has 7 heteroatoms. The number of hydrogen-bond donors (Lipinski definition) is 2. The molecule has 0 spiro atoms. The van der Waals surface area contributed by atoms with Gasteiger partial charge in [-0.1, -0.05) is 6.92 Å². The van der Waals surface area contributed by atoms with E-state index < -0.39 is 6.04 Å². The van der Waals surface area contributed by atoms with E-state index in [1.54, 1.807) is 14.2 Å². The molecule has 0 saturated heterocycles. The smallest absolute Gasteiger partial charge is 0.338 e. The molecule has 2 aliphatic rings. The molecule has 27 heavy (non-hydrogen) atoms. The normalized spacial score (nSPS) is 24.9. The molecule has 2 N–H and O–H groups in total. The summed E-state index contributed by atoms with van der Waals surface area (Å²) in [6, 6.07) is 5.01. The largest absolute Gasteiger partial charge is 0.497 e. The molecule has 1 aliphatic carbocycles. The van der Waals surface area contributed by atoms with Gasteiger partial charge in [0.1, 0.15) is 17.6 Å². The maximum absolute atomic E-state index is 13.1. The maximum atomic E-state index is 13.1. The van der Waals surface area contributed by atoms with Gasteiger partial charge in [-0.05, 0) is 62.5 Å². The van der Waals surface area contributed by atoms with Crippen molar-refractivity contribution in [2.75, 3.05) is 14.2 Å². The summed E-state index contributed by atoms with van der Waals surface area (Å²) in [5.74, 6) is 1.37. The van der Waals surface area contributed by atoms with Crippen LogP contribution in [0.3, 0.4) is 0 Å². The van der Waals surface area contributed by atoms with Crippen LogP contribution >= 0.6 is 12.2 Å². The van der Waals surface area contributed by atoms with Gasteiger partial charge in [-0.2, -0.15) is 0 Å². The first kappa shape index (κ1) is 19.5. The van der Waals surface area contributed by atoms with Crippen LogP contribution in [0.1, 0.15) is 44.7 Å². The molecule has 0 unspecified atom stereocenters. The zero-order valence-corrected chi connectivity index (χ0v) is 16.9. The van der Waals surface area contributed by atoms with Crippen LogP contribution < -0.4 is 20.1 Å². The Morgan fingerprint density at radius 3 is 2.63 bits per heavy atom. The number of esters is 1. The van der Waals surface area contributed by atoms with E-state index in [4.69, 9.17) is 26.4 Å². The Kier molecular flexibility index (Phi) is 5.89. The van der Waals surface area contributed by atoms with Crippen LogP contribution in [0.5, 0.6) is 11.5 Å². The van der Waals surface area contributed by atoms with E-state index in [1.165, 1.54) is 0 Å². The fourth-order valence-corrected chi connectivity index (χ4v) is 4.02. The summed E-state index contributed by atoms with van der Waals surface area (Å²) in [6.45, 7) is 3.96. The van der Waals surface area contributed by atoms with Crippen molar-refractivity contribution < 1.29 is 19.0 Å². The van der Waals surface area contributed by atoms with Crippen LogP contribution in [-0.4, -0.2) is 31.4 Å². The Balaban J connectivity index is 1.98. The van der Waals surface area contributed by atoms with Crippen molar-refractivity contribution in [1.82, 2.24) is 10.6 Å². The minimum atomic E-state index is -0.479. The molecular weight excluding hydrogens is 364 g/mol. The van der Waals surface area contributed by atoms with Gasteiger partial charge < -0.3 is 24.8 Å². The van der Waals surface area contributed by atoms with Gasteiger partial charge in [-0.3, -0.25) is 0 Å². The first-order chi connectivity index (χ1) is 12.9. The summed E-state index contributed by atoms with van der Waals surface area (Å²) in [6.07, 6.45) is 3.04. The van der Waals surface area contributed by atoms with E-state index in [1.807, 2.05) is 25.1 Å². The van der Waals surface area contributed by atoms with Gasteiger partial charge in [0.15, 0.2) is 5.11 Å². The van der Waals surface area contributed by atoms with Crippen molar-refractivity contribution >= 4 is 23.3 Å². The lowest BCUT2D eigenvalue weighted by atomic mass is 9.94. The Bertz CT molecular complexity index is 777. The molecular formula is C20H26N2O4S. The molecule has 0 amide bonds. The van der Waals surface area contributed by atoms with Crippen molar-refractivity contribution in [2.24, 2.45) is 5.92 Å². The molecule has 1 fully saturated rings. The van der Waals surface area contributed by atoms with Crippen molar-refractivity contribution in [1.29, 1.82) is 0 Å². The van der Waals surface area contributed by atoms with Crippen LogP contribution in [0.2, 0.25) is 0 Å². The lowest BCUT2D eigenvalue weighted by molar-refractivity contribution is -0.146. The Labute approximate surface area is 165 Å². The highest BCUT2D eigenvalue weighted by Gasteiger charge is 2.35. The first-order valence-electron chi connectivity index (χ1n) is 9.15. The van der Waals surface area contributed by atoms with Crippen LogP contribution in [0.15, 0.2) is 29.5 Å².